The molecule has 1 amide bonds. The molecule has 4 heteroatoms. The van der Waals surface area contributed by atoms with Gasteiger partial charge in [0.2, 0.25) is 5.91 Å². The second kappa shape index (κ2) is 8.02. The Morgan fingerprint density at radius 2 is 1.71 bits per heavy atom. The summed E-state index contributed by atoms with van der Waals surface area (Å²) < 4.78 is 5.74. The van der Waals surface area contributed by atoms with Crippen LogP contribution in [0.4, 0.5) is 5.69 Å². The number of amides is 1. The standard InChI is InChI=1S/C20H32N2O2/c1-20(2,3)15-6-8-16(9-7-15)21-17-10-12-18(13-11-17)24-14-19(23)22(4)5/h6-9,17-18,21H,10-14H2,1-5H3. The summed E-state index contributed by atoms with van der Waals surface area (Å²) in [5.41, 5.74) is 2.74. The van der Waals surface area contributed by atoms with Gasteiger partial charge in [-0.1, -0.05) is 32.9 Å². The van der Waals surface area contributed by atoms with Gasteiger partial charge in [-0.05, 0) is 48.8 Å². The Morgan fingerprint density at radius 3 is 2.21 bits per heavy atom. The molecule has 0 spiro atoms. The first-order valence-electron chi connectivity index (χ1n) is 8.94. The van der Waals surface area contributed by atoms with Crippen LogP contribution in [-0.4, -0.2) is 43.7 Å². The molecule has 24 heavy (non-hydrogen) atoms. The third kappa shape index (κ3) is 5.52. The Kier molecular flexibility index (Phi) is 6.27. The maximum atomic E-state index is 11.6. The van der Waals surface area contributed by atoms with Crippen molar-refractivity contribution in [1.82, 2.24) is 4.90 Å². The van der Waals surface area contributed by atoms with Crippen molar-refractivity contribution in [3.05, 3.63) is 29.8 Å². The van der Waals surface area contributed by atoms with E-state index in [1.54, 1.807) is 19.0 Å². The fourth-order valence-corrected chi connectivity index (χ4v) is 2.99. The number of rotatable bonds is 5. The molecule has 1 N–H and O–H groups in total. The van der Waals surface area contributed by atoms with Crippen LogP contribution in [0.3, 0.4) is 0 Å². The molecule has 0 unspecified atom stereocenters. The summed E-state index contributed by atoms with van der Waals surface area (Å²) >= 11 is 0. The van der Waals surface area contributed by atoms with Crippen LogP contribution < -0.4 is 5.32 Å². The fourth-order valence-electron chi connectivity index (χ4n) is 2.99. The van der Waals surface area contributed by atoms with Crippen molar-refractivity contribution in [2.24, 2.45) is 0 Å². The number of ether oxygens (including phenoxy) is 1. The van der Waals surface area contributed by atoms with Gasteiger partial charge in [0.25, 0.3) is 0 Å². The summed E-state index contributed by atoms with van der Waals surface area (Å²) in [6, 6.07) is 9.28. The Labute approximate surface area is 146 Å². The van der Waals surface area contributed by atoms with Crippen LogP contribution in [0.1, 0.15) is 52.0 Å². The lowest BCUT2D eigenvalue weighted by Gasteiger charge is -2.30. The number of carbonyl (C=O) groups is 1. The van der Waals surface area contributed by atoms with Crippen molar-refractivity contribution >= 4 is 11.6 Å². The first kappa shape index (κ1) is 18.8. The van der Waals surface area contributed by atoms with Gasteiger partial charge in [-0.2, -0.15) is 0 Å². The molecule has 0 atom stereocenters. The molecule has 1 saturated carbocycles. The van der Waals surface area contributed by atoms with E-state index in [0.717, 1.165) is 25.7 Å². The van der Waals surface area contributed by atoms with E-state index >= 15 is 0 Å². The topological polar surface area (TPSA) is 41.6 Å². The average Bonchev–Trinajstić information content (AvgIpc) is 2.53. The van der Waals surface area contributed by atoms with E-state index in [9.17, 15) is 4.79 Å². The van der Waals surface area contributed by atoms with Crippen molar-refractivity contribution in [1.29, 1.82) is 0 Å². The molecule has 1 aromatic rings. The number of likely N-dealkylation sites (N-methyl/N-ethyl adjacent to an activating group) is 1. The smallest absolute Gasteiger partial charge is 0.248 e. The molecule has 1 fully saturated rings. The molecule has 0 aromatic heterocycles. The number of benzene rings is 1. The average molecular weight is 332 g/mol. The van der Waals surface area contributed by atoms with Crippen LogP contribution >= 0.6 is 0 Å². The van der Waals surface area contributed by atoms with Crippen LogP contribution in [0, 0.1) is 0 Å². The number of nitrogens with one attached hydrogen (secondary N) is 1. The van der Waals surface area contributed by atoms with E-state index in [-0.39, 0.29) is 24.0 Å². The summed E-state index contributed by atoms with van der Waals surface area (Å²) in [5, 5.41) is 3.63. The monoisotopic (exact) mass is 332 g/mol. The second-order valence-electron chi connectivity index (χ2n) is 8.04. The number of carbonyl (C=O) groups excluding carboxylic acids is 1. The van der Waals surface area contributed by atoms with Crippen LogP contribution in [0.2, 0.25) is 0 Å². The van der Waals surface area contributed by atoms with E-state index < -0.39 is 0 Å². The van der Waals surface area contributed by atoms with E-state index in [4.69, 9.17) is 4.74 Å². The normalized spacial score (nSPS) is 21.4. The van der Waals surface area contributed by atoms with E-state index in [1.165, 1.54) is 11.3 Å². The van der Waals surface area contributed by atoms with E-state index in [2.05, 4.69) is 50.4 Å². The molecule has 134 valence electrons. The Balaban J connectivity index is 1.76. The lowest BCUT2D eigenvalue weighted by molar-refractivity contribution is -0.136. The molecule has 0 heterocycles. The molecule has 0 bridgehead atoms. The van der Waals surface area contributed by atoms with Crippen molar-refractivity contribution in [3.8, 4) is 0 Å². The van der Waals surface area contributed by atoms with Gasteiger partial charge in [-0.25, -0.2) is 0 Å². The van der Waals surface area contributed by atoms with Gasteiger partial charge >= 0.3 is 0 Å². The molecule has 0 aliphatic heterocycles. The number of hydrogen-bond acceptors (Lipinski definition) is 3. The SMILES string of the molecule is CN(C)C(=O)COC1CCC(Nc2ccc(C(C)(C)C)cc2)CC1. The van der Waals surface area contributed by atoms with Crippen molar-refractivity contribution in [2.45, 2.75) is 64.0 Å². The summed E-state index contributed by atoms with van der Waals surface area (Å²) in [5.74, 6) is 0.0363. The molecule has 0 saturated heterocycles. The van der Waals surface area contributed by atoms with Gasteiger partial charge in [0.1, 0.15) is 6.61 Å². The second-order valence-corrected chi connectivity index (χ2v) is 8.04. The maximum Gasteiger partial charge on any atom is 0.248 e. The third-order valence-electron chi connectivity index (χ3n) is 4.74. The van der Waals surface area contributed by atoms with Gasteiger partial charge in [-0.15, -0.1) is 0 Å². The first-order chi connectivity index (χ1) is 11.3. The summed E-state index contributed by atoms with van der Waals surface area (Å²) in [6.45, 7) is 6.90. The van der Waals surface area contributed by atoms with Gasteiger partial charge in [0, 0.05) is 25.8 Å². The molecule has 2 rings (SSSR count). The highest BCUT2D eigenvalue weighted by atomic mass is 16.5. The summed E-state index contributed by atoms with van der Waals surface area (Å²) in [6.07, 6.45) is 4.41. The van der Waals surface area contributed by atoms with Gasteiger partial charge < -0.3 is 15.0 Å². The van der Waals surface area contributed by atoms with E-state index in [1.807, 2.05) is 0 Å². The zero-order chi connectivity index (χ0) is 17.7. The highest BCUT2D eigenvalue weighted by Gasteiger charge is 2.22. The summed E-state index contributed by atoms with van der Waals surface area (Å²) in [7, 11) is 3.52. The molecule has 1 aliphatic carbocycles. The maximum absolute atomic E-state index is 11.6. The predicted octanol–water partition coefficient (Wildman–Crippen LogP) is 3.81. The van der Waals surface area contributed by atoms with Crippen LogP contribution in [0.5, 0.6) is 0 Å². The minimum absolute atomic E-state index is 0.0363. The van der Waals surface area contributed by atoms with Crippen LogP contribution in [0.25, 0.3) is 0 Å². The van der Waals surface area contributed by atoms with Gasteiger partial charge in [0.05, 0.1) is 6.10 Å². The minimum atomic E-state index is 0.0363. The highest BCUT2D eigenvalue weighted by Crippen LogP contribution is 2.26. The largest absolute Gasteiger partial charge is 0.382 e. The number of anilines is 1. The fraction of sp³-hybridized carbons (Fsp3) is 0.650. The highest BCUT2D eigenvalue weighted by molar-refractivity contribution is 5.76. The molecule has 1 aliphatic rings. The summed E-state index contributed by atoms with van der Waals surface area (Å²) in [4.78, 5) is 13.2. The zero-order valence-corrected chi connectivity index (χ0v) is 15.8. The third-order valence-corrected chi connectivity index (χ3v) is 4.74. The quantitative estimate of drug-likeness (QED) is 0.891. The predicted molar refractivity (Wildman–Crippen MR) is 99.5 cm³/mol. The molecule has 1 aromatic carbocycles. The zero-order valence-electron chi connectivity index (χ0n) is 15.8. The Morgan fingerprint density at radius 1 is 1.12 bits per heavy atom. The molecule has 0 radical (unpaired) electrons. The van der Waals surface area contributed by atoms with E-state index in [0.29, 0.717) is 6.04 Å². The Hall–Kier alpha value is -1.55. The van der Waals surface area contributed by atoms with Crippen molar-refractivity contribution in [3.63, 3.8) is 0 Å². The van der Waals surface area contributed by atoms with Crippen molar-refractivity contribution in [2.75, 3.05) is 26.0 Å². The first-order valence-corrected chi connectivity index (χ1v) is 8.94. The van der Waals surface area contributed by atoms with Gasteiger partial charge in [-0.3, -0.25) is 4.79 Å². The lowest BCUT2D eigenvalue weighted by atomic mass is 9.87. The molecule has 4 nitrogen and oxygen atoms in total. The Bertz CT molecular complexity index is 524. The van der Waals surface area contributed by atoms with Crippen LogP contribution in [0.15, 0.2) is 24.3 Å². The number of nitrogens with zero attached hydrogens (tertiary/aromatic N) is 1. The number of hydrogen-bond donors (Lipinski definition) is 1. The molecular formula is C20H32N2O2. The lowest BCUT2D eigenvalue weighted by Crippen LogP contribution is -2.33. The van der Waals surface area contributed by atoms with Crippen LogP contribution in [-0.2, 0) is 14.9 Å². The molecular weight excluding hydrogens is 300 g/mol. The minimum Gasteiger partial charge on any atom is -0.382 e. The van der Waals surface area contributed by atoms with Gasteiger partial charge in [0.15, 0.2) is 0 Å². The van der Waals surface area contributed by atoms with Crippen molar-refractivity contribution < 1.29 is 9.53 Å².